The third kappa shape index (κ3) is 3.70. The quantitative estimate of drug-likeness (QED) is 0.787. The highest BCUT2D eigenvalue weighted by Crippen LogP contribution is 2.22. The number of rotatable bonds is 5. The van der Waals surface area contributed by atoms with Crippen LogP contribution in [0.4, 0.5) is 10.1 Å². The summed E-state index contributed by atoms with van der Waals surface area (Å²) in [6.45, 7) is 0.805. The normalized spacial score (nSPS) is 10.2. The van der Waals surface area contributed by atoms with Crippen LogP contribution in [0, 0.1) is 5.82 Å². The van der Waals surface area contributed by atoms with E-state index in [1.165, 1.54) is 12.1 Å². The molecule has 1 amide bonds. The van der Waals surface area contributed by atoms with Crippen LogP contribution in [0.3, 0.4) is 0 Å². The molecule has 0 spiro atoms. The molecule has 0 bridgehead atoms. The fourth-order valence-electron chi connectivity index (χ4n) is 1.74. The molecule has 110 valence electrons. The minimum absolute atomic E-state index is 0.388. The minimum Gasteiger partial charge on any atom is -0.507 e. The molecular weight excluding hydrogens is 275 g/mol. The summed E-state index contributed by atoms with van der Waals surface area (Å²) in [5.74, 6) is -1.29. The van der Waals surface area contributed by atoms with Crippen molar-refractivity contribution in [2.24, 2.45) is 5.73 Å². The zero-order valence-corrected chi connectivity index (χ0v) is 11.2. The Bertz CT molecular complexity index is 609. The van der Waals surface area contributed by atoms with Crippen LogP contribution in [-0.4, -0.2) is 24.2 Å². The maximum absolute atomic E-state index is 13.6. The van der Waals surface area contributed by atoms with Crippen molar-refractivity contribution in [3.8, 4) is 11.5 Å². The first-order valence-corrected chi connectivity index (χ1v) is 6.33. The van der Waals surface area contributed by atoms with Crippen LogP contribution in [0.5, 0.6) is 11.5 Å². The summed E-state index contributed by atoms with van der Waals surface area (Å²) in [4.78, 5) is 12.0. The SMILES string of the molecule is NCCOc1ccc(NC(=O)c2c(O)cccc2F)cc1. The lowest BCUT2D eigenvalue weighted by Gasteiger charge is -2.09. The van der Waals surface area contributed by atoms with Gasteiger partial charge in [-0.15, -0.1) is 0 Å². The van der Waals surface area contributed by atoms with Gasteiger partial charge in [-0.05, 0) is 36.4 Å². The molecule has 0 heterocycles. The first kappa shape index (κ1) is 14.8. The summed E-state index contributed by atoms with van der Waals surface area (Å²) in [7, 11) is 0. The Morgan fingerprint density at radius 1 is 1.24 bits per heavy atom. The highest BCUT2D eigenvalue weighted by Gasteiger charge is 2.16. The van der Waals surface area contributed by atoms with Gasteiger partial charge in [0.15, 0.2) is 0 Å². The number of phenols is 1. The maximum atomic E-state index is 13.6. The van der Waals surface area contributed by atoms with Gasteiger partial charge in [0.25, 0.3) is 5.91 Å². The molecule has 21 heavy (non-hydrogen) atoms. The van der Waals surface area contributed by atoms with Crippen LogP contribution >= 0.6 is 0 Å². The molecule has 6 heteroatoms. The summed E-state index contributed by atoms with van der Waals surface area (Å²) in [5, 5.41) is 12.1. The second kappa shape index (κ2) is 6.71. The topological polar surface area (TPSA) is 84.6 Å². The van der Waals surface area contributed by atoms with Gasteiger partial charge in [0.1, 0.15) is 29.5 Å². The highest BCUT2D eigenvalue weighted by molar-refractivity contribution is 6.06. The van der Waals surface area contributed by atoms with Gasteiger partial charge in [-0.3, -0.25) is 4.79 Å². The Hall–Kier alpha value is -2.60. The van der Waals surface area contributed by atoms with Gasteiger partial charge in [-0.1, -0.05) is 6.07 Å². The Balaban J connectivity index is 2.09. The number of amides is 1. The van der Waals surface area contributed by atoms with Gasteiger partial charge in [-0.25, -0.2) is 4.39 Å². The van der Waals surface area contributed by atoms with Crippen molar-refractivity contribution in [1.82, 2.24) is 0 Å². The third-order valence-corrected chi connectivity index (χ3v) is 2.72. The highest BCUT2D eigenvalue weighted by atomic mass is 19.1. The number of hydrogen-bond acceptors (Lipinski definition) is 4. The van der Waals surface area contributed by atoms with Crippen molar-refractivity contribution >= 4 is 11.6 Å². The Kier molecular flexibility index (Phi) is 4.73. The van der Waals surface area contributed by atoms with Crippen molar-refractivity contribution in [1.29, 1.82) is 0 Å². The van der Waals surface area contributed by atoms with Crippen molar-refractivity contribution in [3.05, 3.63) is 53.8 Å². The molecule has 0 fully saturated rings. The number of benzene rings is 2. The summed E-state index contributed by atoms with van der Waals surface area (Å²) in [6.07, 6.45) is 0. The number of nitrogens with two attached hydrogens (primary N) is 1. The first-order chi connectivity index (χ1) is 10.1. The van der Waals surface area contributed by atoms with E-state index in [-0.39, 0.29) is 5.56 Å². The van der Waals surface area contributed by atoms with Gasteiger partial charge >= 0.3 is 0 Å². The predicted octanol–water partition coefficient (Wildman–Crippen LogP) is 2.12. The Morgan fingerprint density at radius 2 is 1.95 bits per heavy atom. The average Bonchev–Trinajstić information content (AvgIpc) is 2.46. The van der Waals surface area contributed by atoms with Crippen LogP contribution in [0.15, 0.2) is 42.5 Å². The predicted molar refractivity (Wildman–Crippen MR) is 77.0 cm³/mol. The van der Waals surface area contributed by atoms with E-state index in [9.17, 15) is 14.3 Å². The average molecular weight is 290 g/mol. The molecule has 0 radical (unpaired) electrons. The van der Waals surface area contributed by atoms with Gasteiger partial charge in [-0.2, -0.15) is 0 Å². The van der Waals surface area contributed by atoms with Crippen molar-refractivity contribution in [2.45, 2.75) is 0 Å². The number of carbonyl (C=O) groups is 1. The lowest BCUT2D eigenvalue weighted by atomic mass is 10.1. The molecule has 2 rings (SSSR count). The smallest absolute Gasteiger partial charge is 0.262 e. The molecule has 0 atom stereocenters. The molecular formula is C15H15FN2O3. The molecule has 0 saturated heterocycles. The fourth-order valence-corrected chi connectivity index (χ4v) is 1.74. The number of aromatic hydroxyl groups is 1. The molecule has 0 saturated carbocycles. The maximum Gasteiger partial charge on any atom is 0.262 e. The van der Waals surface area contributed by atoms with Gasteiger partial charge in [0.05, 0.1) is 0 Å². The Labute approximate surface area is 121 Å². The molecule has 4 N–H and O–H groups in total. The molecule has 2 aromatic carbocycles. The number of hydrogen-bond donors (Lipinski definition) is 3. The standard InChI is InChI=1S/C15H15FN2O3/c16-12-2-1-3-13(19)14(12)15(20)18-10-4-6-11(7-5-10)21-9-8-17/h1-7,19H,8-9,17H2,(H,18,20). The van der Waals surface area contributed by atoms with Crippen LogP contribution in [0.2, 0.25) is 0 Å². The second-order valence-electron chi connectivity index (χ2n) is 4.25. The Morgan fingerprint density at radius 3 is 2.57 bits per heavy atom. The summed E-state index contributed by atoms with van der Waals surface area (Å²) in [5.41, 5.74) is 5.40. The van der Waals surface area contributed by atoms with Crippen molar-refractivity contribution in [3.63, 3.8) is 0 Å². The minimum atomic E-state index is -0.782. The number of carbonyl (C=O) groups excluding carboxylic acids is 1. The van der Waals surface area contributed by atoms with E-state index < -0.39 is 17.5 Å². The largest absolute Gasteiger partial charge is 0.507 e. The molecule has 5 nitrogen and oxygen atoms in total. The third-order valence-electron chi connectivity index (χ3n) is 2.72. The molecule has 0 aliphatic rings. The van der Waals surface area contributed by atoms with E-state index in [1.807, 2.05) is 0 Å². The van der Waals surface area contributed by atoms with Crippen LogP contribution in [0.1, 0.15) is 10.4 Å². The monoisotopic (exact) mass is 290 g/mol. The van der Waals surface area contributed by atoms with Crippen molar-refractivity contribution < 1.29 is 19.0 Å². The summed E-state index contributed by atoms with van der Waals surface area (Å²) >= 11 is 0. The van der Waals surface area contributed by atoms with E-state index in [4.69, 9.17) is 10.5 Å². The second-order valence-corrected chi connectivity index (χ2v) is 4.25. The van der Waals surface area contributed by atoms with Crippen LogP contribution < -0.4 is 15.8 Å². The number of phenolic OH excluding ortho intramolecular Hbond substituents is 1. The first-order valence-electron chi connectivity index (χ1n) is 6.33. The molecule has 2 aromatic rings. The van der Waals surface area contributed by atoms with E-state index in [1.54, 1.807) is 24.3 Å². The number of halogens is 1. The van der Waals surface area contributed by atoms with E-state index in [0.29, 0.717) is 24.6 Å². The zero-order chi connectivity index (χ0) is 15.2. The lowest BCUT2D eigenvalue weighted by molar-refractivity contribution is 0.102. The summed E-state index contributed by atoms with van der Waals surface area (Å²) in [6, 6.07) is 10.2. The van der Waals surface area contributed by atoms with E-state index in [2.05, 4.69) is 5.32 Å². The zero-order valence-electron chi connectivity index (χ0n) is 11.2. The molecule has 0 unspecified atom stereocenters. The van der Waals surface area contributed by atoms with Gasteiger partial charge in [0.2, 0.25) is 0 Å². The van der Waals surface area contributed by atoms with E-state index >= 15 is 0 Å². The lowest BCUT2D eigenvalue weighted by Crippen LogP contribution is -2.14. The molecule has 0 aliphatic heterocycles. The van der Waals surface area contributed by atoms with Gasteiger partial charge < -0.3 is 20.9 Å². The fraction of sp³-hybridized carbons (Fsp3) is 0.133. The summed E-state index contributed by atoms with van der Waals surface area (Å²) < 4.78 is 18.9. The van der Waals surface area contributed by atoms with Gasteiger partial charge in [0, 0.05) is 12.2 Å². The number of nitrogens with one attached hydrogen (secondary N) is 1. The van der Waals surface area contributed by atoms with Crippen molar-refractivity contribution in [2.75, 3.05) is 18.5 Å². The van der Waals surface area contributed by atoms with Crippen LogP contribution in [-0.2, 0) is 0 Å². The number of ether oxygens (including phenoxy) is 1. The van der Waals surface area contributed by atoms with E-state index in [0.717, 1.165) is 6.07 Å². The molecule has 0 aliphatic carbocycles. The number of anilines is 1. The van der Waals surface area contributed by atoms with Crippen LogP contribution in [0.25, 0.3) is 0 Å². The molecule has 0 aromatic heterocycles.